The predicted octanol–water partition coefficient (Wildman–Crippen LogP) is 4.42. The Hall–Kier alpha value is -1.60. The van der Waals surface area contributed by atoms with Crippen molar-refractivity contribution in [3.8, 4) is 0 Å². The molecule has 0 saturated carbocycles. The molecule has 1 heterocycles. The Morgan fingerprint density at radius 2 is 1.69 bits per heavy atom. The average Bonchev–Trinajstić information content (AvgIpc) is 2.72. The van der Waals surface area contributed by atoms with Crippen LogP contribution in [0.15, 0.2) is 47.4 Å². The van der Waals surface area contributed by atoms with Crippen LogP contribution < -0.4 is 5.32 Å². The van der Waals surface area contributed by atoms with Crippen LogP contribution in [0.25, 0.3) is 0 Å². The third-order valence-electron chi connectivity index (χ3n) is 5.01. The molecule has 1 saturated heterocycles. The van der Waals surface area contributed by atoms with Gasteiger partial charge in [-0.15, -0.1) is 0 Å². The van der Waals surface area contributed by atoms with Gasteiger partial charge in [-0.05, 0) is 54.7 Å². The number of hydrogen-bond donors (Lipinski definition) is 1. The number of carbonyl (C=O) groups is 1. The summed E-state index contributed by atoms with van der Waals surface area (Å²) in [6.45, 7) is 1.51. The molecule has 2 aromatic rings. The van der Waals surface area contributed by atoms with Gasteiger partial charge in [0, 0.05) is 36.1 Å². The smallest absolute Gasteiger partial charge is 0.243 e. The Balaban J connectivity index is 1.51. The first kappa shape index (κ1) is 22.1. The van der Waals surface area contributed by atoms with Crippen molar-refractivity contribution >= 4 is 39.1 Å². The van der Waals surface area contributed by atoms with E-state index >= 15 is 0 Å². The van der Waals surface area contributed by atoms with E-state index in [9.17, 15) is 13.2 Å². The third kappa shape index (κ3) is 5.95. The van der Waals surface area contributed by atoms with E-state index in [0.29, 0.717) is 47.4 Å². The Morgan fingerprint density at radius 1 is 1.00 bits per heavy atom. The van der Waals surface area contributed by atoms with Crippen molar-refractivity contribution in [2.75, 3.05) is 13.1 Å². The number of amides is 1. The van der Waals surface area contributed by atoms with E-state index in [1.807, 2.05) is 0 Å². The van der Waals surface area contributed by atoms with Gasteiger partial charge < -0.3 is 5.32 Å². The molecule has 0 aliphatic carbocycles. The lowest BCUT2D eigenvalue weighted by Gasteiger charge is -2.25. The van der Waals surface area contributed by atoms with E-state index in [1.165, 1.54) is 0 Å². The second-order valence-corrected chi connectivity index (χ2v) is 9.90. The average molecular weight is 455 g/mol. The lowest BCUT2D eigenvalue weighted by Crippen LogP contribution is -2.35. The fourth-order valence-corrected chi connectivity index (χ4v) is 5.28. The number of piperidine rings is 1. The van der Waals surface area contributed by atoms with Crippen molar-refractivity contribution in [1.29, 1.82) is 0 Å². The zero-order chi connectivity index (χ0) is 20.9. The molecular formula is C21H24Cl2N2O3S. The Morgan fingerprint density at radius 3 is 2.34 bits per heavy atom. The van der Waals surface area contributed by atoms with E-state index in [1.54, 1.807) is 46.8 Å². The summed E-state index contributed by atoms with van der Waals surface area (Å²) in [5.74, 6) is -0.0963. The van der Waals surface area contributed by atoms with Crippen LogP contribution in [0.5, 0.6) is 0 Å². The fraction of sp³-hybridized carbons (Fsp3) is 0.381. The number of sulfonamides is 1. The number of hydrogen-bond acceptors (Lipinski definition) is 3. The highest BCUT2D eigenvalue weighted by atomic mass is 35.5. The summed E-state index contributed by atoms with van der Waals surface area (Å²) >= 11 is 12.0. The first-order chi connectivity index (χ1) is 13.9. The molecule has 3 rings (SSSR count). The maximum Gasteiger partial charge on any atom is 0.243 e. The molecule has 5 nitrogen and oxygen atoms in total. The van der Waals surface area contributed by atoms with E-state index in [0.717, 1.165) is 30.4 Å². The van der Waals surface area contributed by atoms with Gasteiger partial charge in [0.1, 0.15) is 0 Å². The number of aryl methyl sites for hydroxylation is 1. The van der Waals surface area contributed by atoms with Gasteiger partial charge in [0.15, 0.2) is 0 Å². The zero-order valence-electron chi connectivity index (χ0n) is 16.0. The molecule has 0 unspecified atom stereocenters. The van der Waals surface area contributed by atoms with Crippen LogP contribution in [-0.4, -0.2) is 31.7 Å². The maximum atomic E-state index is 12.7. The van der Waals surface area contributed by atoms with Gasteiger partial charge in [-0.1, -0.05) is 47.8 Å². The van der Waals surface area contributed by atoms with Crippen molar-refractivity contribution in [2.24, 2.45) is 0 Å². The minimum absolute atomic E-state index is 0.0963. The van der Waals surface area contributed by atoms with Crippen LogP contribution in [0.1, 0.15) is 36.8 Å². The maximum absolute atomic E-state index is 12.7. The molecule has 1 N–H and O–H groups in total. The number of nitrogens with one attached hydrogen (secondary N) is 1. The molecule has 0 atom stereocenters. The molecule has 1 aliphatic heterocycles. The minimum Gasteiger partial charge on any atom is -0.352 e. The van der Waals surface area contributed by atoms with Gasteiger partial charge in [0.05, 0.1) is 4.90 Å². The van der Waals surface area contributed by atoms with E-state index < -0.39 is 10.0 Å². The summed E-state index contributed by atoms with van der Waals surface area (Å²) in [6, 6.07) is 12.0. The highest BCUT2D eigenvalue weighted by Gasteiger charge is 2.25. The lowest BCUT2D eigenvalue weighted by molar-refractivity contribution is -0.121. The van der Waals surface area contributed by atoms with Gasteiger partial charge in [-0.3, -0.25) is 4.79 Å². The van der Waals surface area contributed by atoms with Crippen molar-refractivity contribution < 1.29 is 13.2 Å². The van der Waals surface area contributed by atoms with Gasteiger partial charge in [-0.25, -0.2) is 8.42 Å². The Labute approximate surface area is 182 Å². The standard InChI is InChI=1S/C21H24Cl2N2O3S/c22-18-8-7-17(20(23)14-18)15-24-21(26)11-6-16-4-9-19(10-5-16)29(27,28)25-12-2-1-3-13-25/h4-5,7-10,14H,1-3,6,11-13,15H2,(H,24,26). The molecule has 1 aliphatic rings. The van der Waals surface area contributed by atoms with Crippen molar-refractivity contribution in [2.45, 2.75) is 43.5 Å². The molecule has 1 fully saturated rings. The van der Waals surface area contributed by atoms with Crippen LogP contribution in [0.3, 0.4) is 0 Å². The second-order valence-electron chi connectivity index (χ2n) is 7.12. The molecule has 2 aromatic carbocycles. The van der Waals surface area contributed by atoms with Gasteiger partial charge in [-0.2, -0.15) is 4.31 Å². The molecule has 8 heteroatoms. The number of halogens is 2. The number of carbonyl (C=O) groups excluding carboxylic acids is 1. The lowest BCUT2D eigenvalue weighted by atomic mass is 10.1. The number of rotatable bonds is 7. The van der Waals surface area contributed by atoms with Crippen LogP contribution in [0.2, 0.25) is 10.0 Å². The van der Waals surface area contributed by atoms with Crippen LogP contribution in [0.4, 0.5) is 0 Å². The Bertz CT molecular complexity index is 956. The third-order valence-corrected chi connectivity index (χ3v) is 7.51. The van der Waals surface area contributed by atoms with E-state index in [-0.39, 0.29) is 5.91 Å². The van der Waals surface area contributed by atoms with Crippen LogP contribution >= 0.6 is 23.2 Å². The minimum atomic E-state index is -3.42. The molecule has 156 valence electrons. The van der Waals surface area contributed by atoms with Crippen molar-refractivity contribution in [1.82, 2.24) is 9.62 Å². The van der Waals surface area contributed by atoms with Gasteiger partial charge in [0.2, 0.25) is 15.9 Å². The predicted molar refractivity (Wildman–Crippen MR) is 116 cm³/mol. The summed E-state index contributed by atoms with van der Waals surface area (Å²) in [7, 11) is -3.42. The number of benzene rings is 2. The van der Waals surface area contributed by atoms with Crippen molar-refractivity contribution in [3.05, 3.63) is 63.6 Å². The zero-order valence-corrected chi connectivity index (χ0v) is 18.4. The number of nitrogens with zero attached hydrogens (tertiary/aromatic N) is 1. The highest BCUT2D eigenvalue weighted by molar-refractivity contribution is 7.89. The molecule has 0 bridgehead atoms. The summed E-state index contributed by atoms with van der Waals surface area (Å²) in [5, 5.41) is 3.91. The molecule has 0 radical (unpaired) electrons. The SMILES string of the molecule is O=C(CCc1ccc(S(=O)(=O)N2CCCCC2)cc1)NCc1ccc(Cl)cc1Cl. The molecule has 0 spiro atoms. The first-order valence-electron chi connectivity index (χ1n) is 9.66. The summed E-state index contributed by atoms with van der Waals surface area (Å²) in [6.07, 6.45) is 3.74. The molecule has 29 heavy (non-hydrogen) atoms. The Kier molecular flexibility index (Phi) is 7.57. The van der Waals surface area contributed by atoms with Gasteiger partial charge >= 0.3 is 0 Å². The molecular weight excluding hydrogens is 431 g/mol. The van der Waals surface area contributed by atoms with E-state index in [2.05, 4.69) is 5.32 Å². The summed E-state index contributed by atoms with van der Waals surface area (Å²) in [5.41, 5.74) is 1.72. The van der Waals surface area contributed by atoms with Crippen LogP contribution in [-0.2, 0) is 27.8 Å². The largest absolute Gasteiger partial charge is 0.352 e. The van der Waals surface area contributed by atoms with Gasteiger partial charge in [0.25, 0.3) is 0 Å². The first-order valence-corrected chi connectivity index (χ1v) is 11.9. The van der Waals surface area contributed by atoms with Crippen molar-refractivity contribution in [3.63, 3.8) is 0 Å². The molecule has 0 aromatic heterocycles. The monoisotopic (exact) mass is 454 g/mol. The van der Waals surface area contributed by atoms with E-state index in [4.69, 9.17) is 23.2 Å². The normalized spacial score (nSPS) is 15.2. The second kappa shape index (κ2) is 9.94. The quantitative estimate of drug-likeness (QED) is 0.673. The summed E-state index contributed by atoms with van der Waals surface area (Å²) in [4.78, 5) is 12.4. The topological polar surface area (TPSA) is 66.5 Å². The fourth-order valence-electron chi connectivity index (χ4n) is 3.29. The molecule has 1 amide bonds. The summed E-state index contributed by atoms with van der Waals surface area (Å²) < 4.78 is 26.9. The van der Waals surface area contributed by atoms with Crippen LogP contribution in [0, 0.1) is 0 Å². The highest BCUT2D eigenvalue weighted by Crippen LogP contribution is 2.22.